The van der Waals surface area contributed by atoms with E-state index < -0.39 is 11.6 Å². The molecule has 0 saturated heterocycles. The number of nitrogens with one attached hydrogen (secondary N) is 1. The largest absolute Gasteiger partial charge is 0.441 e. The smallest absolute Gasteiger partial charge is 0.220 e. The minimum atomic E-state index is -0.702. The van der Waals surface area contributed by atoms with Gasteiger partial charge in [0.15, 0.2) is 11.7 Å². The Bertz CT molecular complexity index is 745. The van der Waals surface area contributed by atoms with E-state index in [4.69, 9.17) is 4.42 Å². The summed E-state index contributed by atoms with van der Waals surface area (Å²) < 4.78 is 32.2. The zero-order valence-corrected chi connectivity index (χ0v) is 14.2. The van der Waals surface area contributed by atoms with Crippen LogP contribution in [-0.4, -0.2) is 16.9 Å². The number of carbonyl (C=O) groups excluding carboxylic acids is 1. The molecule has 0 bridgehead atoms. The third-order valence-electron chi connectivity index (χ3n) is 4.62. The quantitative estimate of drug-likeness (QED) is 0.879. The van der Waals surface area contributed by atoms with Gasteiger partial charge in [0.05, 0.1) is 11.8 Å². The summed E-state index contributed by atoms with van der Waals surface area (Å²) in [4.78, 5) is 16.2. The van der Waals surface area contributed by atoms with Crippen molar-refractivity contribution in [2.45, 2.75) is 51.5 Å². The Labute approximate surface area is 145 Å². The van der Waals surface area contributed by atoms with Gasteiger partial charge >= 0.3 is 0 Å². The number of hydrogen-bond donors (Lipinski definition) is 1. The maximum absolute atomic E-state index is 13.8. The first-order valence-electron chi connectivity index (χ1n) is 8.70. The minimum Gasteiger partial charge on any atom is -0.441 e. The van der Waals surface area contributed by atoms with Crippen LogP contribution in [0.25, 0.3) is 11.3 Å². The van der Waals surface area contributed by atoms with E-state index in [2.05, 4.69) is 17.2 Å². The van der Waals surface area contributed by atoms with Crippen LogP contribution in [0.3, 0.4) is 0 Å². The molecule has 1 aromatic heterocycles. The minimum absolute atomic E-state index is 0.0215. The molecule has 1 N–H and O–H groups in total. The third kappa shape index (κ3) is 4.65. The van der Waals surface area contributed by atoms with Crippen molar-refractivity contribution < 1.29 is 18.0 Å². The number of benzene rings is 1. The first-order valence-corrected chi connectivity index (χ1v) is 8.70. The van der Waals surface area contributed by atoms with Gasteiger partial charge in [-0.05, 0) is 30.9 Å². The molecule has 3 rings (SSSR count). The van der Waals surface area contributed by atoms with Gasteiger partial charge in [-0.3, -0.25) is 4.79 Å². The van der Waals surface area contributed by atoms with Gasteiger partial charge in [-0.1, -0.05) is 19.8 Å². The average Bonchev–Trinajstić information content (AvgIpc) is 3.01. The van der Waals surface area contributed by atoms with E-state index >= 15 is 0 Å². The normalized spacial score (nSPS) is 20.4. The molecule has 1 saturated carbocycles. The number of oxazole rings is 1. The lowest BCUT2D eigenvalue weighted by atomic mass is 9.87. The number of carbonyl (C=O) groups is 1. The summed E-state index contributed by atoms with van der Waals surface area (Å²) in [6.07, 6.45) is 6.45. The fraction of sp³-hybridized carbons (Fsp3) is 0.474. The van der Waals surface area contributed by atoms with Gasteiger partial charge < -0.3 is 9.73 Å². The molecule has 1 aliphatic rings. The Kier molecular flexibility index (Phi) is 5.46. The molecule has 0 spiro atoms. The fourth-order valence-corrected chi connectivity index (χ4v) is 3.33. The van der Waals surface area contributed by atoms with Crippen molar-refractivity contribution in [3.63, 3.8) is 0 Å². The molecule has 1 aromatic carbocycles. The number of rotatable bonds is 5. The number of hydrogen-bond acceptors (Lipinski definition) is 3. The molecule has 1 amide bonds. The molecule has 2 atom stereocenters. The van der Waals surface area contributed by atoms with Crippen molar-refractivity contribution in [1.82, 2.24) is 10.3 Å². The highest BCUT2D eigenvalue weighted by Crippen LogP contribution is 2.25. The molecule has 4 nitrogen and oxygen atoms in total. The Morgan fingerprint density at radius 2 is 2.20 bits per heavy atom. The number of amides is 1. The molecule has 2 aromatic rings. The van der Waals surface area contributed by atoms with Gasteiger partial charge in [0.1, 0.15) is 11.6 Å². The maximum atomic E-state index is 13.8. The monoisotopic (exact) mass is 348 g/mol. The highest BCUT2D eigenvalue weighted by molar-refractivity contribution is 5.76. The van der Waals surface area contributed by atoms with Crippen LogP contribution in [0.2, 0.25) is 0 Å². The highest BCUT2D eigenvalue weighted by Gasteiger charge is 2.20. The van der Waals surface area contributed by atoms with Crippen LogP contribution in [0.4, 0.5) is 8.78 Å². The van der Waals surface area contributed by atoms with Crippen LogP contribution < -0.4 is 5.32 Å². The molecule has 2 unspecified atom stereocenters. The Hall–Kier alpha value is -2.24. The van der Waals surface area contributed by atoms with Crippen molar-refractivity contribution in [3.05, 3.63) is 41.9 Å². The van der Waals surface area contributed by atoms with Gasteiger partial charge in [-0.25, -0.2) is 13.8 Å². The molecule has 1 aliphatic carbocycles. The molecule has 1 fully saturated rings. The lowest BCUT2D eigenvalue weighted by Gasteiger charge is -2.27. The van der Waals surface area contributed by atoms with Crippen LogP contribution in [0.1, 0.15) is 44.9 Å². The van der Waals surface area contributed by atoms with E-state index in [-0.39, 0.29) is 29.7 Å². The predicted octanol–water partition coefficient (Wildman–Crippen LogP) is 4.25. The SMILES string of the molecule is CC1CCCC(NC(=O)CCc2ncc(-c3ccc(F)cc3F)o2)C1. The van der Waals surface area contributed by atoms with E-state index in [1.165, 1.54) is 24.8 Å². The number of halogens is 2. The van der Waals surface area contributed by atoms with Crippen LogP contribution in [-0.2, 0) is 11.2 Å². The lowest BCUT2D eigenvalue weighted by Crippen LogP contribution is -2.38. The van der Waals surface area contributed by atoms with E-state index in [9.17, 15) is 13.6 Å². The van der Waals surface area contributed by atoms with Crippen LogP contribution in [0.5, 0.6) is 0 Å². The second kappa shape index (κ2) is 7.76. The first-order chi connectivity index (χ1) is 12.0. The third-order valence-corrected chi connectivity index (χ3v) is 4.62. The average molecular weight is 348 g/mol. The summed E-state index contributed by atoms with van der Waals surface area (Å²) in [5, 5.41) is 3.06. The zero-order chi connectivity index (χ0) is 17.8. The predicted molar refractivity (Wildman–Crippen MR) is 89.7 cm³/mol. The number of aromatic nitrogens is 1. The molecule has 134 valence electrons. The van der Waals surface area contributed by atoms with E-state index in [0.717, 1.165) is 25.3 Å². The van der Waals surface area contributed by atoms with Crippen LogP contribution in [0, 0.1) is 17.6 Å². The number of aryl methyl sites for hydroxylation is 1. The lowest BCUT2D eigenvalue weighted by molar-refractivity contribution is -0.122. The second-order valence-electron chi connectivity index (χ2n) is 6.78. The molecule has 0 aliphatic heterocycles. The summed E-state index contributed by atoms with van der Waals surface area (Å²) in [6.45, 7) is 2.21. The molecule has 6 heteroatoms. The Morgan fingerprint density at radius 1 is 1.36 bits per heavy atom. The zero-order valence-electron chi connectivity index (χ0n) is 14.2. The molecule has 25 heavy (non-hydrogen) atoms. The molecule has 1 heterocycles. The van der Waals surface area contributed by atoms with Crippen LogP contribution in [0.15, 0.2) is 28.8 Å². The highest BCUT2D eigenvalue weighted by atomic mass is 19.1. The summed E-state index contributed by atoms with van der Waals surface area (Å²) in [5.41, 5.74) is 0.154. The Morgan fingerprint density at radius 3 is 2.96 bits per heavy atom. The Balaban J connectivity index is 1.54. The number of nitrogens with zero attached hydrogens (tertiary/aromatic N) is 1. The van der Waals surface area contributed by atoms with E-state index in [1.54, 1.807) is 0 Å². The first kappa shape index (κ1) is 17.6. The van der Waals surface area contributed by atoms with Gasteiger partial charge in [0.25, 0.3) is 0 Å². The van der Waals surface area contributed by atoms with Crippen molar-refractivity contribution >= 4 is 5.91 Å². The molecular weight excluding hydrogens is 326 g/mol. The van der Waals surface area contributed by atoms with Crippen molar-refractivity contribution in [2.75, 3.05) is 0 Å². The van der Waals surface area contributed by atoms with Gasteiger partial charge in [-0.2, -0.15) is 0 Å². The van der Waals surface area contributed by atoms with Crippen molar-refractivity contribution in [3.8, 4) is 11.3 Å². The summed E-state index contributed by atoms with van der Waals surface area (Å²) >= 11 is 0. The maximum Gasteiger partial charge on any atom is 0.220 e. The second-order valence-corrected chi connectivity index (χ2v) is 6.78. The van der Waals surface area contributed by atoms with Crippen molar-refractivity contribution in [1.29, 1.82) is 0 Å². The van der Waals surface area contributed by atoms with Gasteiger partial charge in [0, 0.05) is 24.9 Å². The van der Waals surface area contributed by atoms with E-state index in [1.807, 2.05) is 0 Å². The van der Waals surface area contributed by atoms with Gasteiger partial charge in [-0.15, -0.1) is 0 Å². The topological polar surface area (TPSA) is 55.1 Å². The van der Waals surface area contributed by atoms with Crippen molar-refractivity contribution in [2.24, 2.45) is 5.92 Å². The fourth-order valence-electron chi connectivity index (χ4n) is 3.33. The summed E-state index contributed by atoms with van der Waals surface area (Å²) in [7, 11) is 0. The van der Waals surface area contributed by atoms with E-state index in [0.29, 0.717) is 18.2 Å². The van der Waals surface area contributed by atoms with Crippen LogP contribution >= 0.6 is 0 Å². The summed E-state index contributed by atoms with van der Waals surface area (Å²) in [5.74, 6) is -0.118. The molecular formula is C19H22F2N2O2. The molecule has 0 radical (unpaired) electrons. The van der Waals surface area contributed by atoms with Gasteiger partial charge in [0.2, 0.25) is 5.91 Å². The summed E-state index contributed by atoms with van der Waals surface area (Å²) in [6, 6.07) is 3.53. The standard InChI is InChI=1S/C19H22F2N2O2/c1-12-3-2-4-14(9-12)23-18(24)7-8-19-22-11-17(25-19)15-6-5-13(20)10-16(15)21/h5-6,10-12,14H,2-4,7-9H2,1H3,(H,23,24).